The predicted octanol–water partition coefficient (Wildman–Crippen LogP) is 4.54. The van der Waals surface area contributed by atoms with E-state index in [1.807, 2.05) is 61.5 Å². The maximum Gasteiger partial charge on any atom is 0.319 e. The smallest absolute Gasteiger partial charge is 0.319 e. The molecule has 0 aliphatic heterocycles. The molecule has 3 aromatic rings. The van der Waals surface area contributed by atoms with Crippen LogP contribution in [0.3, 0.4) is 0 Å². The van der Waals surface area contributed by atoms with E-state index in [0.29, 0.717) is 0 Å². The fourth-order valence-electron chi connectivity index (χ4n) is 2.55. The van der Waals surface area contributed by atoms with Crippen molar-refractivity contribution in [3.8, 4) is 0 Å². The van der Waals surface area contributed by atoms with Crippen LogP contribution in [0, 0.1) is 0 Å². The number of aromatic nitrogens is 1. The normalized spacial score (nSPS) is 13.1. The fourth-order valence-corrected chi connectivity index (χ4v) is 4.50. The Balaban J connectivity index is 1.53. The number of nitrogens with zero attached hydrogens (tertiary/aromatic N) is 2. The highest BCUT2D eigenvalue weighted by atomic mass is 32.2. The molecule has 0 bridgehead atoms. The summed E-state index contributed by atoms with van der Waals surface area (Å²) in [6, 6.07) is 17.3. The standard InChI is InChI=1S/C21H22N2O3S2/c1-14(20-22-17-11-7-8-12-18(17)28-20)23(3)19(24)13-26-21(25)15(2)27-16-9-5-4-6-10-16/h4-12,14-15H,13H2,1-3H3/t14-,15-/m1/s1. The van der Waals surface area contributed by atoms with Crippen molar-refractivity contribution in [2.24, 2.45) is 0 Å². The highest BCUT2D eigenvalue weighted by Crippen LogP contribution is 2.29. The van der Waals surface area contributed by atoms with E-state index in [9.17, 15) is 9.59 Å². The lowest BCUT2D eigenvalue weighted by Gasteiger charge is -2.23. The number of carbonyl (C=O) groups is 2. The van der Waals surface area contributed by atoms with Gasteiger partial charge >= 0.3 is 5.97 Å². The molecule has 2 aromatic carbocycles. The van der Waals surface area contributed by atoms with Crippen molar-refractivity contribution in [1.82, 2.24) is 9.88 Å². The molecule has 0 radical (unpaired) electrons. The first kappa shape index (κ1) is 20.4. The van der Waals surface area contributed by atoms with Crippen LogP contribution >= 0.6 is 23.1 Å². The van der Waals surface area contributed by atoms with Crippen molar-refractivity contribution in [2.75, 3.05) is 13.7 Å². The summed E-state index contributed by atoms with van der Waals surface area (Å²) in [6.45, 7) is 3.42. The maximum atomic E-state index is 12.5. The number of thiazole rings is 1. The van der Waals surface area contributed by atoms with Crippen molar-refractivity contribution >= 4 is 45.2 Å². The second kappa shape index (κ2) is 9.21. The highest BCUT2D eigenvalue weighted by Gasteiger charge is 2.23. The number of likely N-dealkylation sites (N-methyl/N-ethyl adjacent to an activating group) is 1. The van der Waals surface area contributed by atoms with Crippen LogP contribution in [0.1, 0.15) is 24.9 Å². The molecule has 0 spiro atoms. The van der Waals surface area contributed by atoms with Crippen molar-refractivity contribution in [3.05, 3.63) is 59.6 Å². The topological polar surface area (TPSA) is 59.5 Å². The van der Waals surface area contributed by atoms with Gasteiger partial charge in [-0.1, -0.05) is 30.3 Å². The lowest BCUT2D eigenvalue weighted by molar-refractivity contribution is -0.151. The molecule has 1 amide bonds. The summed E-state index contributed by atoms with van der Waals surface area (Å²) >= 11 is 2.98. The number of ether oxygens (including phenoxy) is 1. The SMILES string of the molecule is C[C@H](c1nc2ccccc2s1)N(C)C(=O)COC(=O)[C@@H](C)Sc1ccccc1. The van der Waals surface area contributed by atoms with Crippen LogP contribution in [0.4, 0.5) is 0 Å². The monoisotopic (exact) mass is 414 g/mol. The van der Waals surface area contributed by atoms with Crippen molar-refractivity contribution in [2.45, 2.75) is 30.0 Å². The average molecular weight is 415 g/mol. The Morgan fingerprint density at radius 2 is 1.79 bits per heavy atom. The van der Waals surface area contributed by atoms with Crippen LogP contribution in [0.5, 0.6) is 0 Å². The third-order valence-corrected chi connectivity index (χ3v) is 6.67. The summed E-state index contributed by atoms with van der Waals surface area (Å²) in [4.78, 5) is 31.8. The second-order valence-corrected chi connectivity index (χ2v) is 8.86. The minimum atomic E-state index is -0.400. The number of amides is 1. The van der Waals surface area contributed by atoms with Gasteiger partial charge in [-0.2, -0.15) is 0 Å². The van der Waals surface area contributed by atoms with E-state index in [2.05, 4.69) is 4.98 Å². The molecule has 1 heterocycles. The van der Waals surface area contributed by atoms with Gasteiger partial charge in [0.25, 0.3) is 5.91 Å². The van der Waals surface area contributed by atoms with E-state index in [4.69, 9.17) is 4.74 Å². The van der Waals surface area contributed by atoms with E-state index < -0.39 is 5.97 Å². The van der Waals surface area contributed by atoms with Crippen LogP contribution in [0.15, 0.2) is 59.5 Å². The van der Waals surface area contributed by atoms with Gasteiger partial charge < -0.3 is 9.64 Å². The molecule has 0 saturated heterocycles. The third kappa shape index (κ3) is 4.91. The van der Waals surface area contributed by atoms with E-state index in [-0.39, 0.29) is 23.8 Å². The van der Waals surface area contributed by atoms with Gasteiger partial charge in [0, 0.05) is 11.9 Å². The number of fused-ring (bicyclic) bond motifs is 1. The van der Waals surface area contributed by atoms with Gasteiger partial charge in [-0.05, 0) is 38.1 Å². The molecule has 2 atom stereocenters. The van der Waals surface area contributed by atoms with Crippen LogP contribution < -0.4 is 0 Å². The maximum absolute atomic E-state index is 12.5. The minimum absolute atomic E-state index is 0.195. The fraction of sp³-hybridized carbons (Fsp3) is 0.286. The molecule has 3 rings (SSSR count). The van der Waals surface area contributed by atoms with Gasteiger partial charge in [-0.15, -0.1) is 23.1 Å². The lowest BCUT2D eigenvalue weighted by Crippen LogP contribution is -2.34. The number of hydrogen-bond donors (Lipinski definition) is 0. The average Bonchev–Trinajstić information content (AvgIpc) is 3.15. The first-order valence-corrected chi connectivity index (χ1v) is 10.6. The van der Waals surface area contributed by atoms with Crippen LogP contribution in [-0.2, 0) is 14.3 Å². The zero-order valence-corrected chi connectivity index (χ0v) is 17.6. The Kier molecular flexibility index (Phi) is 6.70. The molecule has 0 aliphatic carbocycles. The molecule has 28 heavy (non-hydrogen) atoms. The van der Waals surface area contributed by atoms with Crippen LogP contribution in [-0.4, -0.2) is 40.7 Å². The molecule has 1 aromatic heterocycles. The quantitative estimate of drug-likeness (QED) is 0.420. The first-order chi connectivity index (χ1) is 13.5. The Morgan fingerprint density at radius 3 is 2.50 bits per heavy atom. The summed E-state index contributed by atoms with van der Waals surface area (Å²) in [6.07, 6.45) is 0. The summed E-state index contributed by atoms with van der Waals surface area (Å²) in [5, 5.41) is 0.471. The van der Waals surface area contributed by atoms with Crippen molar-refractivity contribution in [1.29, 1.82) is 0 Å². The van der Waals surface area contributed by atoms with Gasteiger partial charge in [0.05, 0.1) is 16.3 Å². The van der Waals surface area contributed by atoms with Gasteiger partial charge in [-0.3, -0.25) is 9.59 Å². The summed E-state index contributed by atoms with van der Waals surface area (Å²) in [5.74, 6) is -0.653. The Morgan fingerprint density at radius 1 is 1.11 bits per heavy atom. The predicted molar refractivity (Wildman–Crippen MR) is 114 cm³/mol. The van der Waals surface area contributed by atoms with Crippen molar-refractivity contribution in [3.63, 3.8) is 0 Å². The molecule has 146 valence electrons. The van der Waals surface area contributed by atoms with Gasteiger partial charge in [-0.25, -0.2) is 4.98 Å². The lowest BCUT2D eigenvalue weighted by atomic mass is 10.3. The number of thioether (sulfide) groups is 1. The largest absolute Gasteiger partial charge is 0.455 e. The number of para-hydroxylation sites is 1. The molecule has 0 N–H and O–H groups in total. The van der Waals surface area contributed by atoms with Crippen LogP contribution in [0.25, 0.3) is 10.2 Å². The van der Waals surface area contributed by atoms with Crippen molar-refractivity contribution < 1.29 is 14.3 Å². The minimum Gasteiger partial charge on any atom is -0.455 e. The molecule has 0 aliphatic rings. The summed E-state index contributed by atoms with van der Waals surface area (Å²) in [7, 11) is 1.70. The molecule has 0 saturated carbocycles. The first-order valence-electron chi connectivity index (χ1n) is 8.95. The molecular weight excluding hydrogens is 392 g/mol. The van der Waals surface area contributed by atoms with Gasteiger partial charge in [0.1, 0.15) is 10.3 Å². The zero-order valence-electron chi connectivity index (χ0n) is 16.0. The van der Waals surface area contributed by atoms with E-state index >= 15 is 0 Å². The number of rotatable bonds is 7. The summed E-state index contributed by atoms with van der Waals surface area (Å²) < 4.78 is 6.32. The zero-order chi connectivity index (χ0) is 20.1. The summed E-state index contributed by atoms with van der Waals surface area (Å²) in [5.41, 5.74) is 0.924. The van der Waals surface area contributed by atoms with Gasteiger partial charge in [0.15, 0.2) is 6.61 Å². The number of benzene rings is 2. The van der Waals surface area contributed by atoms with E-state index in [1.54, 1.807) is 30.2 Å². The Bertz CT molecular complexity index is 925. The van der Waals surface area contributed by atoms with Crippen LogP contribution in [0.2, 0.25) is 0 Å². The molecule has 7 heteroatoms. The number of carbonyl (C=O) groups excluding carboxylic acids is 2. The number of esters is 1. The molecule has 0 fully saturated rings. The van der Waals surface area contributed by atoms with E-state index in [1.165, 1.54) is 11.8 Å². The van der Waals surface area contributed by atoms with E-state index in [0.717, 1.165) is 20.1 Å². The molecular formula is C21H22N2O3S2. The second-order valence-electron chi connectivity index (χ2n) is 6.38. The molecule has 0 unspecified atom stereocenters. The third-order valence-electron chi connectivity index (χ3n) is 4.37. The van der Waals surface area contributed by atoms with Gasteiger partial charge in [0.2, 0.25) is 0 Å². The number of hydrogen-bond acceptors (Lipinski definition) is 6. The Labute approximate surface area is 172 Å². The Hall–Kier alpha value is -2.38. The highest BCUT2D eigenvalue weighted by molar-refractivity contribution is 8.00. The molecule has 5 nitrogen and oxygen atoms in total.